The van der Waals surface area contributed by atoms with E-state index in [1.165, 1.54) is 11.1 Å². The summed E-state index contributed by atoms with van der Waals surface area (Å²) in [4.78, 5) is 19.7. The zero-order valence-electron chi connectivity index (χ0n) is 13.8. The number of benzene rings is 1. The second kappa shape index (κ2) is 6.59. The molecule has 0 saturated carbocycles. The molecule has 2 unspecified atom stereocenters. The van der Waals surface area contributed by atoms with Crippen LogP contribution in [0.15, 0.2) is 28.8 Å². The molecule has 3 heterocycles. The van der Waals surface area contributed by atoms with Gasteiger partial charge < -0.3 is 9.42 Å². The predicted molar refractivity (Wildman–Crippen MR) is 92.7 cm³/mol. The lowest BCUT2D eigenvalue weighted by Crippen LogP contribution is -2.35. The van der Waals surface area contributed by atoms with Gasteiger partial charge in [0.1, 0.15) is 5.25 Å². The Labute approximate surface area is 145 Å². The number of hydrogen-bond donors (Lipinski definition) is 0. The minimum Gasteiger partial charge on any atom is -0.339 e. The Bertz CT molecular complexity index is 745. The fraction of sp³-hybridized carbons (Fsp3) is 0.500. The van der Waals surface area contributed by atoms with E-state index in [1.807, 2.05) is 17.9 Å². The molecule has 1 saturated heterocycles. The molecule has 1 aromatic heterocycles. The van der Waals surface area contributed by atoms with Crippen LogP contribution >= 0.6 is 11.8 Å². The fourth-order valence-electron chi connectivity index (χ4n) is 3.60. The quantitative estimate of drug-likeness (QED) is 0.855. The Morgan fingerprint density at radius 3 is 3.12 bits per heavy atom. The van der Waals surface area contributed by atoms with Crippen molar-refractivity contribution in [3.63, 3.8) is 0 Å². The Balaban J connectivity index is 1.60. The van der Waals surface area contributed by atoms with E-state index < -0.39 is 0 Å². The van der Waals surface area contributed by atoms with E-state index in [-0.39, 0.29) is 17.2 Å². The first-order chi connectivity index (χ1) is 11.8. The van der Waals surface area contributed by atoms with Crippen molar-refractivity contribution in [1.29, 1.82) is 0 Å². The molecule has 24 heavy (non-hydrogen) atoms. The maximum Gasteiger partial charge on any atom is 0.240 e. The highest BCUT2D eigenvalue weighted by Crippen LogP contribution is 2.41. The van der Waals surface area contributed by atoms with Gasteiger partial charge in [0.25, 0.3) is 0 Å². The highest BCUT2D eigenvalue weighted by atomic mass is 32.2. The third-order valence-electron chi connectivity index (χ3n) is 4.84. The summed E-state index contributed by atoms with van der Waals surface area (Å²) in [6.07, 6.45) is 3.66. The van der Waals surface area contributed by atoms with E-state index in [2.05, 4.69) is 28.3 Å². The summed E-state index contributed by atoms with van der Waals surface area (Å²) in [5.74, 6) is 2.49. The van der Waals surface area contributed by atoms with E-state index in [4.69, 9.17) is 4.52 Å². The molecule has 0 radical (unpaired) electrons. The summed E-state index contributed by atoms with van der Waals surface area (Å²) >= 11 is 1.75. The number of aryl methyl sites for hydroxylation is 2. The molecule has 0 N–H and O–H groups in total. The second-order valence-electron chi connectivity index (χ2n) is 6.29. The van der Waals surface area contributed by atoms with E-state index in [0.29, 0.717) is 11.7 Å². The number of rotatable bonds is 3. The normalized spacial score (nSPS) is 23.3. The van der Waals surface area contributed by atoms with Gasteiger partial charge in [-0.25, -0.2) is 0 Å². The first kappa shape index (κ1) is 15.7. The van der Waals surface area contributed by atoms with Gasteiger partial charge in [0, 0.05) is 13.0 Å². The number of fused-ring (bicyclic) bond motifs is 1. The van der Waals surface area contributed by atoms with E-state index in [9.17, 15) is 4.79 Å². The number of amides is 1. The van der Waals surface area contributed by atoms with Crippen LogP contribution in [-0.4, -0.2) is 33.2 Å². The van der Waals surface area contributed by atoms with Crippen LogP contribution in [0.1, 0.15) is 53.9 Å². The standard InChI is InChI=1S/C18H21N3O2S/c1-2-15-19-17(20-23-15)14-8-5-10-21(14)18(22)16-13-7-4-3-6-12(13)9-11-24-16/h3-4,6-7,14,16H,2,5,8-11H2,1H3. The number of carbonyl (C=O) groups is 1. The number of thioether (sulfide) groups is 1. The zero-order valence-corrected chi connectivity index (χ0v) is 14.6. The molecule has 4 rings (SSSR count). The molecule has 2 atom stereocenters. The van der Waals surface area contributed by atoms with Crippen LogP contribution in [-0.2, 0) is 17.6 Å². The lowest BCUT2D eigenvalue weighted by Gasteiger charge is -2.30. The molecule has 1 aromatic carbocycles. The maximum atomic E-state index is 13.2. The van der Waals surface area contributed by atoms with E-state index in [1.54, 1.807) is 11.8 Å². The van der Waals surface area contributed by atoms with Crippen LogP contribution in [0.5, 0.6) is 0 Å². The van der Waals surface area contributed by atoms with Crippen molar-refractivity contribution in [1.82, 2.24) is 15.0 Å². The van der Waals surface area contributed by atoms with E-state index >= 15 is 0 Å². The number of carbonyl (C=O) groups excluding carboxylic acids is 1. The average molecular weight is 343 g/mol. The predicted octanol–water partition coefficient (Wildman–Crippen LogP) is 3.33. The largest absolute Gasteiger partial charge is 0.339 e. The molecule has 1 amide bonds. The summed E-state index contributed by atoms with van der Waals surface area (Å²) in [5, 5.41) is 4.00. The molecule has 2 aliphatic heterocycles. The van der Waals surface area contributed by atoms with Crippen molar-refractivity contribution in [2.45, 2.75) is 43.9 Å². The maximum absolute atomic E-state index is 13.2. The van der Waals surface area contributed by atoms with Gasteiger partial charge in [-0.15, -0.1) is 11.8 Å². The molecule has 2 aromatic rings. The smallest absolute Gasteiger partial charge is 0.240 e. The molecule has 0 aliphatic carbocycles. The Morgan fingerprint density at radius 1 is 1.42 bits per heavy atom. The first-order valence-corrected chi connectivity index (χ1v) is 9.65. The summed E-state index contributed by atoms with van der Waals surface area (Å²) in [5.41, 5.74) is 2.48. The SMILES string of the molecule is CCc1nc(C2CCCN2C(=O)C2SCCc3ccccc32)no1. The highest BCUT2D eigenvalue weighted by molar-refractivity contribution is 8.00. The van der Waals surface area contributed by atoms with Crippen molar-refractivity contribution >= 4 is 17.7 Å². The van der Waals surface area contributed by atoms with Gasteiger partial charge >= 0.3 is 0 Å². The molecule has 5 nitrogen and oxygen atoms in total. The highest BCUT2D eigenvalue weighted by Gasteiger charge is 2.38. The van der Waals surface area contributed by atoms with Crippen LogP contribution in [0, 0.1) is 0 Å². The first-order valence-electron chi connectivity index (χ1n) is 8.60. The topological polar surface area (TPSA) is 59.2 Å². The number of aromatic nitrogens is 2. The number of nitrogens with zero attached hydrogens (tertiary/aromatic N) is 3. The molecular formula is C18H21N3O2S. The Morgan fingerprint density at radius 2 is 2.29 bits per heavy atom. The average Bonchev–Trinajstić information content (AvgIpc) is 3.29. The lowest BCUT2D eigenvalue weighted by atomic mass is 10.0. The van der Waals surface area contributed by atoms with Crippen molar-refractivity contribution in [2.75, 3.05) is 12.3 Å². The molecule has 2 aliphatic rings. The lowest BCUT2D eigenvalue weighted by molar-refractivity contribution is -0.131. The molecular weight excluding hydrogens is 322 g/mol. The van der Waals surface area contributed by atoms with Crippen molar-refractivity contribution in [3.8, 4) is 0 Å². The van der Waals surface area contributed by atoms with Crippen LogP contribution in [0.4, 0.5) is 0 Å². The van der Waals surface area contributed by atoms with Crippen molar-refractivity contribution < 1.29 is 9.32 Å². The molecule has 1 fully saturated rings. The van der Waals surface area contributed by atoms with Crippen molar-refractivity contribution in [3.05, 3.63) is 47.1 Å². The van der Waals surface area contributed by atoms with Crippen LogP contribution in [0.3, 0.4) is 0 Å². The van der Waals surface area contributed by atoms with Gasteiger partial charge in [-0.05, 0) is 36.1 Å². The van der Waals surface area contributed by atoms with Gasteiger partial charge in [0.05, 0.1) is 6.04 Å². The van der Waals surface area contributed by atoms with E-state index in [0.717, 1.165) is 38.0 Å². The van der Waals surface area contributed by atoms with Gasteiger partial charge in [0.15, 0.2) is 5.82 Å². The number of hydrogen-bond acceptors (Lipinski definition) is 5. The summed E-state index contributed by atoms with van der Waals surface area (Å²) < 4.78 is 5.25. The Kier molecular flexibility index (Phi) is 4.31. The molecule has 126 valence electrons. The monoisotopic (exact) mass is 343 g/mol. The Hall–Kier alpha value is -1.82. The molecule has 6 heteroatoms. The van der Waals surface area contributed by atoms with Crippen LogP contribution in [0.2, 0.25) is 0 Å². The zero-order chi connectivity index (χ0) is 16.5. The molecule has 0 bridgehead atoms. The third kappa shape index (κ3) is 2.73. The number of likely N-dealkylation sites (tertiary alicyclic amines) is 1. The third-order valence-corrected chi connectivity index (χ3v) is 6.07. The summed E-state index contributed by atoms with van der Waals surface area (Å²) in [6.45, 7) is 2.77. The fourth-order valence-corrected chi connectivity index (χ4v) is 4.86. The second-order valence-corrected chi connectivity index (χ2v) is 7.50. The minimum atomic E-state index is -0.104. The summed E-state index contributed by atoms with van der Waals surface area (Å²) in [6, 6.07) is 8.28. The van der Waals surface area contributed by atoms with Crippen LogP contribution < -0.4 is 0 Å². The van der Waals surface area contributed by atoms with Gasteiger partial charge in [-0.1, -0.05) is 36.3 Å². The minimum absolute atomic E-state index is 0.0451. The van der Waals surface area contributed by atoms with Crippen LogP contribution in [0.25, 0.3) is 0 Å². The van der Waals surface area contributed by atoms with Gasteiger partial charge in [-0.3, -0.25) is 4.79 Å². The van der Waals surface area contributed by atoms with Crippen molar-refractivity contribution in [2.24, 2.45) is 0 Å². The van der Waals surface area contributed by atoms with Gasteiger partial charge in [0.2, 0.25) is 11.8 Å². The summed E-state index contributed by atoms with van der Waals surface area (Å²) in [7, 11) is 0. The van der Waals surface area contributed by atoms with Gasteiger partial charge in [-0.2, -0.15) is 4.98 Å². The molecule has 0 spiro atoms.